The Kier molecular flexibility index (Phi) is 17.5. The Morgan fingerprint density at radius 3 is 1.62 bits per heavy atom. The van der Waals surface area contributed by atoms with Crippen LogP contribution in [0, 0.1) is 0 Å². The highest BCUT2D eigenvalue weighted by atomic mass is 16.2. The van der Waals surface area contributed by atoms with Gasteiger partial charge >= 0.3 is 0 Å². The molecule has 0 aliphatic carbocycles. The van der Waals surface area contributed by atoms with Gasteiger partial charge < -0.3 is 10.6 Å². The molecule has 0 spiro atoms. The van der Waals surface area contributed by atoms with Gasteiger partial charge in [0.1, 0.15) is 0 Å². The minimum absolute atomic E-state index is 0.147. The van der Waals surface area contributed by atoms with Crippen LogP contribution >= 0.6 is 0 Å². The molecular formula is C20H40N2O2. The maximum atomic E-state index is 11.7. The van der Waals surface area contributed by atoms with E-state index in [9.17, 15) is 9.59 Å². The van der Waals surface area contributed by atoms with Gasteiger partial charge in [-0.1, -0.05) is 71.1 Å². The quantitative estimate of drug-likeness (QED) is 0.376. The lowest BCUT2D eigenvalue weighted by molar-refractivity contribution is -0.121. The Morgan fingerprint density at radius 2 is 1.08 bits per heavy atom. The third-order valence-electron chi connectivity index (χ3n) is 4.44. The molecule has 0 bridgehead atoms. The first-order valence-electron chi connectivity index (χ1n) is 10.2. The zero-order valence-electron chi connectivity index (χ0n) is 16.1. The van der Waals surface area contributed by atoms with Crippen molar-refractivity contribution in [2.45, 2.75) is 103 Å². The number of hydrogen-bond donors (Lipinski definition) is 2. The van der Waals surface area contributed by atoms with Crippen LogP contribution in [0.25, 0.3) is 0 Å². The lowest BCUT2D eigenvalue weighted by Gasteiger charge is -2.05. The third-order valence-corrected chi connectivity index (χ3v) is 4.44. The molecule has 0 aromatic rings. The molecule has 2 N–H and O–H groups in total. The summed E-state index contributed by atoms with van der Waals surface area (Å²) in [5.41, 5.74) is 0. The van der Waals surface area contributed by atoms with Crippen LogP contribution in [0.1, 0.15) is 103 Å². The Labute approximate surface area is 149 Å². The molecule has 4 heteroatoms. The van der Waals surface area contributed by atoms with E-state index in [2.05, 4.69) is 17.6 Å². The minimum Gasteiger partial charge on any atom is -0.359 e. The Hall–Kier alpha value is -1.06. The number of amides is 2. The van der Waals surface area contributed by atoms with E-state index < -0.39 is 0 Å². The van der Waals surface area contributed by atoms with E-state index in [4.69, 9.17) is 0 Å². The zero-order valence-corrected chi connectivity index (χ0v) is 16.1. The average molecular weight is 341 g/mol. The van der Waals surface area contributed by atoms with Crippen molar-refractivity contribution in [1.29, 1.82) is 0 Å². The number of unbranched alkanes of at least 4 members (excludes halogenated alkanes) is 11. The molecule has 0 saturated carbocycles. The molecule has 0 radical (unpaired) electrons. The summed E-state index contributed by atoms with van der Waals surface area (Å²) in [5.74, 6) is 0.369. The van der Waals surface area contributed by atoms with Gasteiger partial charge in [-0.2, -0.15) is 0 Å². The summed E-state index contributed by atoms with van der Waals surface area (Å²) in [4.78, 5) is 22.7. The van der Waals surface area contributed by atoms with Gasteiger partial charge in [-0.25, -0.2) is 0 Å². The van der Waals surface area contributed by atoms with Crippen LogP contribution < -0.4 is 10.6 Å². The fourth-order valence-corrected chi connectivity index (χ4v) is 2.80. The van der Waals surface area contributed by atoms with Crippen molar-refractivity contribution in [3.05, 3.63) is 0 Å². The molecule has 0 aliphatic rings. The summed E-state index contributed by atoms with van der Waals surface area (Å²) in [6.45, 7) is 3.06. The largest absolute Gasteiger partial charge is 0.359 e. The first kappa shape index (κ1) is 22.9. The van der Waals surface area contributed by atoms with Crippen molar-refractivity contribution < 1.29 is 9.59 Å². The molecule has 0 fully saturated rings. The number of carbonyl (C=O) groups excluding carboxylic acids is 2. The van der Waals surface area contributed by atoms with Gasteiger partial charge in [0.15, 0.2) is 0 Å². The van der Waals surface area contributed by atoms with Crippen LogP contribution in [-0.2, 0) is 9.59 Å². The van der Waals surface area contributed by atoms with Gasteiger partial charge in [0.2, 0.25) is 11.8 Å². The summed E-state index contributed by atoms with van der Waals surface area (Å²) < 4.78 is 0. The Morgan fingerprint density at radius 1 is 0.625 bits per heavy atom. The van der Waals surface area contributed by atoms with Crippen molar-refractivity contribution in [1.82, 2.24) is 10.6 Å². The Bertz CT molecular complexity index is 306. The highest BCUT2D eigenvalue weighted by Gasteiger charge is 2.01. The van der Waals surface area contributed by atoms with Gasteiger partial charge in [-0.05, 0) is 19.3 Å². The second-order valence-corrected chi connectivity index (χ2v) is 6.77. The van der Waals surface area contributed by atoms with Crippen LogP contribution in [0.4, 0.5) is 0 Å². The molecule has 0 unspecified atom stereocenters. The van der Waals surface area contributed by atoms with Crippen LogP contribution in [0.15, 0.2) is 0 Å². The van der Waals surface area contributed by atoms with E-state index in [1.807, 2.05) is 0 Å². The molecular weight excluding hydrogens is 300 g/mol. The number of rotatable bonds is 17. The van der Waals surface area contributed by atoms with Crippen molar-refractivity contribution in [2.75, 3.05) is 13.6 Å². The fraction of sp³-hybridized carbons (Fsp3) is 0.900. The third kappa shape index (κ3) is 17.3. The number of carbonyl (C=O) groups is 2. The van der Waals surface area contributed by atoms with Crippen molar-refractivity contribution >= 4 is 11.8 Å². The van der Waals surface area contributed by atoms with Crippen molar-refractivity contribution in [3.63, 3.8) is 0 Å². The molecule has 0 rings (SSSR count). The van der Waals surface area contributed by atoms with E-state index >= 15 is 0 Å². The van der Waals surface area contributed by atoms with Gasteiger partial charge in [0, 0.05) is 26.4 Å². The van der Waals surface area contributed by atoms with E-state index in [0.717, 1.165) is 38.6 Å². The summed E-state index contributed by atoms with van der Waals surface area (Å²) in [5, 5.41) is 5.68. The molecule has 0 aromatic heterocycles. The minimum atomic E-state index is 0.147. The number of hydrogen-bond acceptors (Lipinski definition) is 2. The van der Waals surface area contributed by atoms with E-state index in [1.165, 1.54) is 51.4 Å². The predicted molar refractivity (Wildman–Crippen MR) is 102 cm³/mol. The lowest BCUT2D eigenvalue weighted by atomic mass is 10.1. The first-order chi connectivity index (χ1) is 11.7. The van der Waals surface area contributed by atoms with Gasteiger partial charge in [0.25, 0.3) is 0 Å². The highest BCUT2D eigenvalue weighted by molar-refractivity contribution is 5.75. The molecule has 2 amide bonds. The van der Waals surface area contributed by atoms with Crippen LogP contribution in [0.3, 0.4) is 0 Å². The summed E-state index contributed by atoms with van der Waals surface area (Å²) in [7, 11) is 1.69. The van der Waals surface area contributed by atoms with E-state index in [0.29, 0.717) is 12.8 Å². The smallest absolute Gasteiger partial charge is 0.219 e. The SMILES string of the molecule is CCCCCCCNC(=O)CCCCCCCCCCC(=O)NC. The predicted octanol–water partition coefficient (Wildman–Crippen LogP) is 4.72. The maximum Gasteiger partial charge on any atom is 0.219 e. The van der Waals surface area contributed by atoms with Gasteiger partial charge in [-0.3, -0.25) is 9.59 Å². The van der Waals surface area contributed by atoms with Gasteiger partial charge in [-0.15, -0.1) is 0 Å². The van der Waals surface area contributed by atoms with Crippen molar-refractivity contribution in [2.24, 2.45) is 0 Å². The molecule has 0 aromatic carbocycles. The standard InChI is InChI=1S/C20H40N2O2/c1-3-4-5-12-15-18-22-20(24)17-14-11-9-7-6-8-10-13-16-19(23)21-2/h3-18H2,1-2H3,(H,21,23)(H,22,24). The molecule has 0 heterocycles. The van der Waals surface area contributed by atoms with Gasteiger partial charge in [0.05, 0.1) is 0 Å². The molecule has 0 saturated heterocycles. The molecule has 142 valence electrons. The average Bonchev–Trinajstić information content (AvgIpc) is 2.59. The fourth-order valence-electron chi connectivity index (χ4n) is 2.80. The summed E-state index contributed by atoms with van der Waals surface area (Å²) in [6.07, 6.45) is 16.8. The highest BCUT2D eigenvalue weighted by Crippen LogP contribution is 2.10. The number of nitrogens with one attached hydrogen (secondary N) is 2. The summed E-state index contributed by atoms with van der Waals surface area (Å²) in [6, 6.07) is 0. The van der Waals surface area contributed by atoms with E-state index in [1.54, 1.807) is 7.05 Å². The molecule has 0 atom stereocenters. The summed E-state index contributed by atoms with van der Waals surface area (Å²) >= 11 is 0. The van der Waals surface area contributed by atoms with Crippen LogP contribution in [0.2, 0.25) is 0 Å². The lowest BCUT2D eigenvalue weighted by Crippen LogP contribution is -2.23. The molecule has 24 heavy (non-hydrogen) atoms. The second kappa shape index (κ2) is 18.3. The second-order valence-electron chi connectivity index (χ2n) is 6.77. The van der Waals surface area contributed by atoms with Crippen LogP contribution in [-0.4, -0.2) is 25.4 Å². The monoisotopic (exact) mass is 340 g/mol. The maximum absolute atomic E-state index is 11.7. The van der Waals surface area contributed by atoms with E-state index in [-0.39, 0.29) is 11.8 Å². The first-order valence-corrected chi connectivity index (χ1v) is 10.2. The van der Waals surface area contributed by atoms with Crippen molar-refractivity contribution in [3.8, 4) is 0 Å². The Balaban J connectivity index is 3.18. The van der Waals surface area contributed by atoms with Crippen LogP contribution in [0.5, 0.6) is 0 Å². The molecule has 4 nitrogen and oxygen atoms in total. The normalized spacial score (nSPS) is 10.6. The molecule has 0 aliphatic heterocycles. The zero-order chi connectivity index (χ0) is 17.9. The topological polar surface area (TPSA) is 58.2 Å².